The third-order valence-electron chi connectivity index (χ3n) is 5.46. The number of carbonyl (C=O) groups is 2. The Kier molecular flexibility index (Phi) is 6.16. The molecule has 0 N–H and O–H groups in total. The predicted molar refractivity (Wildman–Crippen MR) is 129 cm³/mol. The first kappa shape index (κ1) is 22.5. The minimum absolute atomic E-state index is 0.0935. The highest BCUT2D eigenvalue weighted by atomic mass is 32.2. The molecule has 0 spiro atoms. The van der Waals surface area contributed by atoms with Gasteiger partial charge in [-0.15, -0.1) is 0 Å². The van der Waals surface area contributed by atoms with Crippen molar-refractivity contribution in [1.29, 1.82) is 0 Å². The number of anilines is 2. The maximum Gasteiger partial charge on any atom is 0.255 e. The highest BCUT2D eigenvalue weighted by molar-refractivity contribution is 7.92. The zero-order valence-corrected chi connectivity index (χ0v) is 19.2. The highest BCUT2D eigenvalue weighted by Crippen LogP contribution is 2.35. The molecule has 33 heavy (non-hydrogen) atoms. The van der Waals surface area contributed by atoms with Crippen LogP contribution in [0.1, 0.15) is 25.8 Å². The largest absolute Gasteiger partial charge is 0.272 e. The maximum absolute atomic E-state index is 12.0. The molecule has 0 unspecified atom stereocenters. The van der Waals surface area contributed by atoms with Crippen molar-refractivity contribution in [2.45, 2.75) is 25.2 Å². The topological polar surface area (TPSA) is 74.8 Å². The quantitative estimate of drug-likeness (QED) is 0.522. The van der Waals surface area contributed by atoms with E-state index in [1.807, 2.05) is 86.6 Å². The normalized spacial score (nSPS) is 16.4. The van der Waals surface area contributed by atoms with E-state index in [-0.39, 0.29) is 24.0 Å². The van der Waals surface area contributed by atoms with Crippen LogP contribution in [0.2, 0.25) is 0 Å². The molecule has 1 saturated heterocycles. The van der Waals surface area contributed by atoms with Gasteiger partial charge >= 0.3 is 0 Å². The van der Waals surface area contributed by atoms with Crippen LogP contribution in [0.3, 0.4) is 0 Å². The number of hydrogen-bond donors (Lipinski definition) is 0. The van der Waals surface area contributed by atoms with Gasteiger partial charge in [0.25, 0.3) is 11.8 Å². The Morgan fingerprint density at radius 1 is 0.697 bits per heavy atom. The Morgan fingerprint density at radius 2 is 1.15 bits per heavy atom. The molecule has 2 aliphatic rings. The van der Waals surface area contributed by atoms with Gasteiger partial charge in [-0.2, -0.15) is 0 Å². The average Bonchev–Trinajstić information content (AvgIpc) is 3.27. The van der Waals surface area contributed by atoms with Crippen molar-refractivity contribution in [1.82, 2.24) is 0 Å². The van der Waals surface area contributed by atoms with Gasteiger partial charge in [-0.3, -0.25) is 9.59 Å². The summed E-state index contributed by atoms with van der Waals surface area (Å²) in [7, 11) is -3.06. The smallest absolute Gasteiger partial charge is 0.255 e. The van der Waals surface area contributed by atoms with Gasteiger partial charge in [-0.05, 0) is 55.3 Å². The molecule has 0 atom stereocenters. The number of nitrogens with zero attached hydrogens (tertiary/aromatic N) is 2. The Labute approximate surface area is 193 Å². The molecule has 3 aromatic carbocycles. The molecule has 1 fully saturated rings. The summed E-state index contributed by atoms with van der Waals surface area (Å²) in [5, 5.41) is 2.86. The Hall–Kier alpha value is -3.71. The second kappa shape index (κ2) is 9.03. The van der Waals surface area contributed by atoms with Crippen molar-refractivity contribution in [3.63, 3.8) is 0 Å². The van der Waals surface area contributed by atoms with Crippen LogP contribution in [0.15, 0.2) is 95.4 Å². The van der Waals surface area contributed by atoms with Crippen molar-refractivity contribution in [3.05, 3.63) is 96.1 Å². The maximum atomic E-state index is 12.0. The van der Waals surface area contributed by atoms with E-state index in [0.717, 1.165) is 16.7 Å². The van der Waals surface area contributed by atoms with E-state index >= 15 is 0 Å². The predicted octanol–water partition coefficient (Wildman–Crippen LogP) is 4.64. The molecule has 6 nitrogen and oxygen atoms in total. The number of allylic oxidation sites excluding steroid dienone is 1. The van der Waals surface area contributed by atoms with Crippen LogP contribution in [0.25, 0.3) is 5.57 Å². The number of hydrazine groups is 1. The van der Waals surface area contributed by atoms with Crippen LogP contribution in [0.5, 0.6) is 0 Å². The fourth-order valence-corrected chi connectivity index (χ4v) is 5.70. The number of amides is 2. The number of hydrogen-bond acceptors (Lipinski definition) is 4. The van der Waals surface area contributed by atoms with E-state index in [1.54, 1.807) is 12.1 Å². The Bertz CT molecular complexity index is 1270. The van der Waals surface area contributed by atoms with Gasteiger partial charge in [-0.1, -0.05) is 60.2 Å². The van der Waals surface area contributed by atoms with E-state index in [4.69, 9.17) is 0 Å². The lowest BCUT2D eigenvalue weighted by atomic mass is 10.0. The number of carbonyl (C=O) groups excluding carboxylic acids is 2. The molecule has 0 saturated carbocycles. The van der Waals surface area contributed by atoms with Gasteiger partial charge < -0.3 is 0 Å². The Balaban J connectivity index is 0.000000165. The van der Waals surface area contributed by atoms with Gasteiger partial charge in [-0.25, -0.2) is 18.4 Å². The summed E-state index contributed by atoms with van der Waals surface area (Å²) in [6.45, 7) is 3.90. The van der Waals surface area contributed by atoms with Gasteiger partial charge in [0.2, 0.25) is 0 Å². The number of para-hydroxylation sites is 2. The standard InChI is InChI=1S/C15H12N2O2.C11H12O2S/c18-14-11-15(19)17(13-9-5-2-6-10-13)16(14)12-7-3-1-4-8-12;1-8(2)10-7-14(12,13)11-6-4-3-5-9(10)11/h1-10H,11H2;3-6H,7H2,1-2H3. The van der Waals surface area contributed by atoms with Crippen LogP contribution in [0.4, 0.5) is 11.4 Å². The van der Waals surface area contributed by atoms with E-state index in [9.17, 15) is 18.0 Å². The van der Waals surface area contributed by atoms with Crippen LogP contribution < -0.4 is 10.0 Å². The van der Waals surface area contributed by atoms with E-state index in [0.29, 0.717) is 16.3 Å². The molecule has 7 heteroatoms. The van der Waals surface area contributed by atoms with Crippen molar-refractivity contribution in [3.8, 4) is 0 Å². The molecular weight excluding hydrogens is 436 g/mol. The number of fused-ring (bicyclic) bond motifs is 1. The van der Waals surface area contributed by atoms with Crippen LogP contribution >= 0.6 is 0 Å². The first-order valence-corrected chi connectivity index (χ1v) is 12.2. The second-order valence-electron chi connectivity index (χ2n) is 7.99. The fourth-order valence-electron chi connectivity index (χ4n) is 3.91. The first-order chi connectivity index (χ1) is 15.8. The second-order valence-corrected chi connectivity index (χ2v) is 9.95. The van der Waals surface area contributed by atoms with Crippen LogP contribution in [-0.2, 0) is 19.4 Å². The molecule has 0 bridgehead atoms. The third kappa shape index (κ3) is 4.45. The van der Waals surface area contributed by atoms with Crippen molar-refractivity contribution < 1.29 is 18.0 Å². The van der Waals surface area contributed by atoms with Gasteiger partial charge in [0.15, 0.2) is 9.84 Å². The molecule has 5 rings (SSSR count). The molecule has 0 radical (unpaired) electrons. The molecule has 168 valence electrons. The van der Waals surface area contributed by atoms with Crippen molar-refractivity contribution >= 4 is 38.6 Å². The monoisotopic (exact) mass is 460 g/mol. The zero-order chi connectivity index (χ0) is 23.6. The lowest BCUT2D eigenvalue weighted by molar-refractivity contribution is -0.121. The summed E-state index contributed by atoms with van der Waals surface area (Å²) in [4.78, 5) is 24.5. The SMILES string of the molecule is CC(C)=C1CS(=O)(=O)c2ccccc21.O=C1CC(=O)N(c2ccccc2)N1c1ccccc1. The molecule has 2 amide bonds. The van der Waals surface area contributed by atoms with Gasteiger partial charge in [0.1, 0.15) is 6.42 Å². The Morgan fingerprint density at radius 3 is 1.64 bits per heavy atom. The summed E-state index contributed by atoms with van der Waals surface area (Å²) in [6.07, 6.45) is -0.0935. The number of sulfone groups is 1. The third-order valence-corrected chi connectivity index (χ3v) is 7.16. The van der Waals surface area contributed by atoms with Gasteiger partial charge in [0, 0.05) is 0 Å². The first-order valence-electron chi connectivity index (χ1n) is 10.5. The van der Waals surface area contributed by atoms with E-state index in [1.165, 1.54) is 10.0 Å². The van der Waals surface area contributed by atoms with E-state index < -0.39 is 9.84 Å². The summed E-state index contributed by atoms with van der Waals surface area (Å²) in [6, 6.07) is 25.6. The summed E-state index contributed by atoms with van der Waals surface area (Å²) in [5.41, 5.74) is 4.32. The fraction of sp³-hybridized carbons (Fsp3) is 0.154. The minimum Gasteiger partial charge on any atom is -0.272 e. The molecule has 2 heterocycles. The molecule has 2 aliphatic heterocycles. The van der Waals surface area contributed by atoms with Gasteiger partial charge in [0.05, 0.1) is 22.0 Å². The van der Waals surface area contributed by atoms with Crippen molar-refractivity contribution in [2.75, 3.05) is 15.8 Å². The van der Waals surface area contributed by atoms with E-state index in [2.05, 4.69) is 0 Å². The molecular formula is C26H24N2O4S. The molecule has 3 aromatic rings. The highest BCUT2D eigenvalue weighted by Gasteiger charge is 2.37. The number of rotatable bonds is 2. The minimum atomic E-state index is -3.06. The van der Waals surface area contributed by atoms with Crippen LogP contribution in [0, 0.1) is 0 Å². The van der Waals surface area contributed by atoms with Crippen LogP contribution in [-0.4, -0.2) is 26.0 Å². The molecule has 0 aliphatic carbocycles. The lowest BCUT2D eigenvalue weighted by Gasteiger charge is -2.27. The molecule has 0 aromatic heterocycles. The average molecular weight is 461 g/mol. The summed E-state index contributed by atoms with van der Waals surface area (Å²) >= 11 is 0. The number of benzene rings is 3. The summed E-state index contributed by atoms with van der Waals surface area (Å²) < 4.78 is 23.5. The zero-order valence-electron chi connectivity index (χ0n) is 18.4. The summed E-state index contributed by atoms with van der Waals surface area (Å²) in [5.74, 6) is -0.255. The lowest BCUT2D eigenvalue weighted by Crippen LogP contribution is -2.41. The van der Waals surface area contributed by atoms with Crippen molar-refractivity contribution in [2.24, 2.45) is 0 Å².